The number of para-hydroxylation sites is 1. The molecule has 7 heteroatoms. The Balaban J connectivity index is 1.49. The van der Waals surface area contributed by atoms with Gasteiger partial charge in [0.15, 0.2) is 17.3 Å². The van der Waals surface area contributed by atoms with Crippen LogP contribution in [0.4, 0.5) is 20.2 Å². The van der Waals surface area contributed by atoms with Gasteiger partial charge in [0.05, 0.1) is 17.3 Å². The summed E-state index contributed by atoms with van der Waals surface area (Å²) in [5.41, 5.74) is -0.127. The molecule has 0 aromatic heterocycles. The van der Waals surface area contributed by atoms with Crippen LogP contribution in [0, 0.1) is 23.5 Å². The van der Waals surface area contributed by atoms with E-state index in [0.29, 0.717) is 17.1 Å². The normalized spacial score (nSPS) is 20.9. The third-order valence-corrected chi connectivity index (χ3v) is 7.87. The van der Waals surface area contributed by atoms with Crippen LogP contribution in [0.15, 0.2) is 42.5 Å². The molecule has 1 aliphatic heterocycles. The van der Waals surface area contributed by atoms with Gasteiger partial charge in [0.1, 0.15) is 12.4 Å². The van der Waals surface area contributed by atoms with Crippen molar-refractivity contribution in [2.45, 2.75) is 75.9 Å². The maximum atomic E-state index is 14.1. The maximum Gasteiger partial charge on any atom is 0.228 e. The number of rotatable bonds is 7. The molecule has 1 heterocycles. The van der Waals surface area contributed by atoms with E-state index >= 15 is 0 Å². The molecule has 188 valence electrons. The smallest absolute Gasteiger partial charge is 0.228 e. The Labute approximate surface area is 206 Å². The molecular formula is C28H35F2N3O2. The van der Waals surface area contributed by atoms with Gasteiger partial charge in [-0.05, 0) is 43.7 Å². The van der Waals surface area contributed by atoms with Gasteiger partial charge in [0.2, 0.25) is 5.91 Å². The molecule has 0 spiro atoms. The molecule has 1 atom stereocenters. The summed E-state index contributed by atoms with van der Waals surface area (Å²) in [5.74, 6) is -1.49. The number of benzene rings is 2. The van der Waals surface area contributed by atoms with Gasteiger partial charge in [-0.3, -0.25) is 4.79 Å². The van der Waals surface area contributed by atoms with Gasteiger partial charge in [0, 0.05) is 18.2 Å². The van der Waals surface area contributed by atoms with Crippen molar-refractivity contribution < 1.29 is 18.3 Å². The van der Waals surface area contributed by atoms with Gasteiger partial charge < -0.3 is 20.7 Å². The molecule has 2 saturated carbocycles. The lowest BCUT2D eigenvalue weighted by Crippen LogP contribution is -2.61. The monoisotopic (exact) mass is 483 g/mol. The highest BCUT2D eigenvalue weighted by Gasteiger charge is 2.52. The zero-order valence-corrected chi connectivity index (χ0v) is 20.1. The van der Waals surface area contributed by atoms with E-state index in [-0.39, 0.29) is 24.5 Å². The Morgan fingerprint density at radius 1 is 0.914 bits per heavy atom. The third kappa shape index (κ3) is 5.24. The third-order valence-electron chi connectivity index (χ3n) is 7.87. The summed E-state index contributed by atoms with van der Waals surface area (Å²) in [5, 5.41) is 10.1. The lowest BCUT2D eigenvalue weighted by atomic mass is 9.73. The van der Waals surface area contributed by atoms with Crippen molar-refractivity contribution in [3.05, 3.63) is 54.1 Å². The minimum atomic E-state index is -1.03. The van der Waals surface area contributed by atoms with Gasteiger partial charge in [-0.15, -0.1) is 0 Å². The van der Waals surface area contributed by atoms with Crippen molar-refractivity contribution in [3.63, 3.8) is 0 Å². The summed E-state index contributed by atoms with van der Waals surface area (Å²) in [4.78, 5) is 14.0. The van der Waals surface area contributed by atoms with Crippen LogP contribution >= 0.6 is 0 Å². The van der Waals surface area contributed by atoms with E-state index in [9.17, 15) is 13.6 Å². The van der Waals surface area contributed by atoms with Gasteiger partial charge in [-0.1, -0.05) is 56.7 Å². The molecule has 0 saturated heterocycles. The maximum absolute atomic E-state index is 14.1. The topological polar surface area (TPSA) is 62.4 Å². The van der Waals surface area contributed by atoms with Gasteiger partial charge >= 0.3 is 0 Å². The zero-order chi connectivity index (χ0) is 24.3. The van der Waals surface area contributed by atoms with Gasteiger partial charge in [-0.2, -0.15) is 0 Å². The number of amides is 1. The van der Waals surface area contributed by atoms with E-state index in [4.69, 9.17) is 4.74 Å². The summed E-state index contributed by atoms with van der Waals surface area (Å²) in [7, 11) is 0. The second-order valence-corrected chi connectivity index (χ2v) is 10.4. The van der Waals surface area contributed by atoms with Crippen molar-refractivity contribution >= 4 is 17.3 Å². The Bertz CT molecular complexity index is 989. The summed E-state index contributed by atoms with van der Waals surface area (Å²) in [6, 6.07) is 11.9. The van der Waals surface area contributed by atoms with Crippen molar-refractivity contribution in [2.75, 3.05) is 17.2 Å². The fraction of sp³-hybridized carbons (Fsp3) is 0.536. The number of nitrogens with one attached hydrogen (secondary N) is 3. The van der Waals surface area contributed by atoms with E-state index in [1.807, 2.05) is 30.3 Å². The van der Waals surface area contributed by atoms with E-state index in [0.717, 1.165) is 51.4 Å². The molecule has 5 rings (SSSR count). The number of hydrogen-bond acceptors (Lipinski definition) is 4. The van der Waals surface area contributed by atoms with Gasteiger partial charge in [0.25, 0.3) is 0 Å². The van der Waals surface area contributed by atoms with Crippen molar-refractivity contribution in [1.82, 2.24) is 5.32 Å². The highest BCUT2D eigenvalue weighted by molar-refractivity contribution is 5.86. The molecule has 0 bridgehead atoms. The largest absolute Gasteiger partial charge is 0.489 e. The van der Waals surface area contributed by atoms with Crippen LogP contribution in [0.5, 0.6) is 5.75 Å². The first kappa shape index (κ1) is 23.9. The van der Waals surface area contributed by atoms with Crippen LogP contribution in [-0.2, 0) is 4.79 Å². The number of fused-ring (bicyclic) bond motifs is 1. The highest BCUT2D eigenvalue weighted by atomic mass is 19.2. The van der Waals surface area contributed by atoms with E-state index in [2.05, 4.69) is 16.0 Å². The van der Waals surface area contributed by atoms with Crippen LogP contribution in [0.25, 0.3) is 0 Å². The molecule has 3 aliphatic rings. The molecule has 1 amide bonds. The molecular weight excluding hydrogens is 448 g/mol. The van der Waals surface area contributed by atoms with Gasteiger partial charge in [-0.25, -0.2) is 8.78 Å². The summed E-state index contributed by atoms with van der Waals surface area (Å²) in [6.07, 6.45) is 10.6. The molecule has 2 aromatic carbocycles. The van der Waals surface area contributed by atoms with E-state index in [1.165, 1.54) is 25.0 Å². The van der Waals surface area contributed by atoms with E-state index < -0.39 is 23.2 Å². The van der Waals surface area contributed by atoms with Crippen molar-refractivity contribution in [1.29, 1.82) is 0 Å². The summed E-state index contributed by atoms with van der Waals surface area (Å²) < 4.78 is 34.5. The highest BCUT2D eigenvalue weighted by Crippen LogP contribution is 2.45. The fourth-order valence-electron chi connectivity index (χ4n) is 6.14. The molecule has 35 heavy (non-hydrogen) atoms. The lowest BCUT2D eigenvalue weighted by molar-refractivity contribution is -0.130. The Hall–Kier alpha value is -2.83. The minimum Gasteiger partial charge on any atom is -0.489 e. The average Bonchev–Trinajstić information content (AvgIpc) is 3.22. The van der Waals surface area contributed by atoms with Crippen molar-refractivity contribution in [2.24, 2.45) is 11.8 Å². The molecule has 2 aliphatic carbocycles. The van der Waals surface area contributed by atoms with E-state index in [1.54, 1.807) is 0 Å². The van der Waals surface area contributed by atoms with Crippen LogP contribution < -0.4 is 20.7 Å². The fourth-order valence-corrected chi connectivity index (χ4v) is 6.14. The second-order valence-electron chi connectivity index (χ2n) is 10.4. The Morgan fingerprint density at radius 2 is 1.49 bits per heavy atom. The van der Waals surface area contributed by atoms with Crippen molar-refractivity contribution in [3.8, 4) is 5.75 Å². The molecule has 3 N–H and O–H groups in total. The minimum absolute atomic E-state index is 0.00536. The molecule has 5 nitrogen and oxygen atoms in total. The second kappa shape index (κ2) is 10.4. The number of carbonyl (C=O) groups excluding carboxylic acids is 1. The molecule has 2 fully saturated rings. The van der Waals surface area contributed by atoms with Crippen LogP contribution in [-0.4, -0.2) is 24.2 Å². The number of anilines is 2. The first-order valence-corrected chi connectivity index (χ1v) is 13.1. The summed E-state index contributed by atoms with van der Waals surface area (Å²) >= 11 is 0. The Kier molecular flexibility index (Phi) is 7.12. The molecule has 1 unspecified atom stereocenters. The van der Waals surface area contributed by atoms with Crippen LogP contribution in [0.3, 0.4) is 0 Å². The number of ether oxygens (including phenoxy) is 1. The predicted octanol–water partition coefficient (Wildman–Crippen LogP) is 6.22. The standard InChI is InChI=1S/C28H35F2N3O2/c29-22-16-24-25(17-23(22)30)33-28(32-24,18-35-21-14-8-3-9-15-21)26(19-10-4-1-5-11-19)27(34)31-20-12-6-2-7-13-20/h3,8-9,14-17,19-20,26,32-33H,1-2,4-7,10-13,18H2,(H,31,34). The number of hydrogen-bond donors (Lipinski definition) is 3. The van der Waals surface area contributed by atoms with Crippen LogP contribution in [0.1, 0.15) is 64.2 Å². The van der Waals surface area contributed by atoms with Crippen LogP contribution in [0.2, 0.25) is 0 Å². The first-order chi connectivity index (χ1) is 17.0. The summed E-state index contributed by atoms with van der Waals surface area (Å²) in [6.45, 7) is 0.133. The average molecular weight is 484 g/mol. The number of carbonyl (C=O) groups is 1. The predicted molar refractivity (Wildman–Crippen MR) is 133 cm³/mol. The molecule has 0 radical (unpaired) electrons. The quantitative estimate of drug-likeness (QED) is 0.437. The Morgan fingerprint density at radius 3 is 2.09 bits per heavy atom. The lowest BCUT2D eigenvalue weighted by Gasteiger charge is -2.43. The molecule has 2 aromatic rings. The SMILES string of the molecule is O=C(NC1CCCCC1)C(C1CCCCC1)C1(COc2ccccc2)Nc2cc(F)c(F)cc2N1. The zero-order valence-electron chi connectivity index (χ0n) is 20.1. The first-order valence-electron chi connectivity index (χ1n) is 13.1. The number of halogens is 2.